The second-order valence-electron chi connectivity index (χ2n) is 9.57. The van der Waals surface area contributed by atoms with Gasteiger partial charge in [-0.1, -0.05) is 30.7 Å². The average Bonchev–Trinajstić information content (AvgIpc) is 3.11. The van der Waals surface area contributed by atoms with Gasteiger partial charge in [0.15, 0.2) is 0 Å². The molecule has 7 nitrogen and oxygen atoms in total. The normalized spacial score (nSPS) is 21.6. The third kappa shape index (κ3) is 5.00. The van der Waals surface area contributed by atoms with E-state index in [2.05, 4.69) is 40.5 Å². The first-order valence-corrected chi connectivity index (χ1v) is 12.2. The maximum absolute atomic E-state index is 13.6. The Kier molecular flexibility index (Phi) is 7.22. The van der Waals surface area contributed by atoms with E-state index in [0.717, 1.165) is 35.7 Å². The van der Waals surface area contributed by atoms with Gasteiger partial charge in [0.05, 0.1) is 17.8 Å². The summed E-state index contributed by atoms with van der Waals surface area (Å²) in [6.07, 6.45) is 2.37. The molecule has 8 heteroatoms. The summed E-state index contributed by atoms with van der Waals surface area (Å²) < 4.78 is 0. The molecule has 1 aliphatic carbocycles. The van der Waals surface area contributed by atoms with Gasteiger partial charge in [0.25, 0.3) is 0 Å². The third-order valence-corrected chi connectivity index (χ3v) is 7.36. The number of amides is 1. The molecule has 0 spiro atoms. The predicted molar refractivity (Wildman–Crippen MR) is 131 cm³/mol. The maximum atomic E-state index is 13.6. The van der Waals surface area contributed by atoms with Gasteiger partial charge < -0.3 is 14.9 Å². The van der Waals surface area contributed by atoms with E-state index in [1.54, 1.807) is 6.33 Å². The summed E-state index contributed by atoms with van der Waals surface area (Å²) >= 11 is 6.05. The Morgan fingerprint density at radius 2 is 1.85 bits per heavy atom. The lowest BCUT2D eigenvalue weighted by molar-refractivity contribution is -0.137. The smallest absolute Gasteiger partial charge is 0.240 e. The van der Waals surface area contributed by atoms with Crippen LogP contribution in [0.3, 0.4) is 0 Å². The van der Waals surface area contributed by atoms with Crippen molar-refractivity contribution in [2.45, 2.75) is 57.7 Å². The molecule has 1 fully saturated rings. The molecular formula is C25H34ClN5O2. The van der Waals surface area contributed by atoms with Crippen molar-refractivity contribution in [3.63, 3.8) is 0 Å². The topological polar surface area (TPSA) is 72.8 Å². The van der Waals surface area contributed by atoms with Gasteiger partial charge in [0, 0.05) is 42.8 Å². The first-order valence-electron chi connectivity index (χ1n) is 11.8. The standard InChI is InChI=1S/C25H34ClN5O2/c1-16(2)29(4)20(14-18-5-7-19(26)8-6-18)25(33)31-11-9-30(10-12-31)24-22-17(3)13-21(32)23(22)27-15-28-24/h5-8,15-17,20-21,32H,9-14H2,1-4H3/t17-,20-,21-/m1/s1. The monoisotopic (exact) mass is 471 g/mol. The number of fused-ring (bicyclic) bond motifs is 1. The number of likely N-dealkylation sites (N-methyl/N-ethyl adjacent to an activating group) is 1. The predicted octanol–water partition coefficient (Wildman–Crippen LogP) is 3.27. The zero-order valence-electron chi connectivity index (χ0n) is 19.9. The molecule has 2 aliphatic rings. The van der Waals surface area contributed by atoms with Crippen LogP contribution >= 0.6 is 11.6 Å². The minimum absolute atomic E-state index is 0.164. The van der Waals surface area contributed by atoms with Crippen LogP contribution in [0, 0.1) is 0 Å². The van der Waals surface area contributed by atoms with Crippen molar-refractivity contribution in [2.24, 2.45) is 0 Å². The van der Waals surface area contributed by atoms with Gasteiger partial charge >= 0.3 is 0 Å². The highest BCUT2D eigenvalue weighted by Gasteiger charge is 2.35. The van der Waals surface area contributed by atoms with Crippen LogP contribution in [0.15, 0.2) is 30.6 Å². The molecule has 0 bridgehead atoms. The van der Waals surface area contributed by atoms with E-state index in [4.69, 9.17) is 11.6 Å². The number of carbonyl (C=O) groups is 1. The number of benzene rings is 1. The van der Waals surface area contributed by atoms with Crippen LogP contribution in [-0.4, -0.2) is 76.1 Å². The number of aliphatic hydroxyl groups is 1. The van der Waals surface area contributed by atoms with Crippen molar-refractivity contribution in [1.82, 2.24) is 19.8 Å². The quantitative estimate of drug-likeness (QED) is 0.697. The minimum atomic E-state index is -0.514. The van der Waals surface area contributed by atoms with Crippen LogP contribution in [0.1, 0.15) is 56.0 Å². The van der Waals surface area contributed by atoms with Gasteiger partial charge in [-0.25, -0.2) is 9.97 Å². The zero-order valence-corrected chi connectivity index (χ0v) is 20.7. The fourth-order valence-corrected chi connectivity index (χ4v) is 5.04. The number of hydrogen-bond acceptors (Lipinski definition) is 6. The zero-order chi connectivity index (χ0) is 23.7. The highest BCUT2D eigenvalue weighted by molar-refractivity contribution is 6.30. The molecular weight excluding hydrogens is 438 g/mol. The molecule has 1 saturated heterocycles. The molecule has 1 aromatic carbocycles. The van der Waals surface area contributed by atoms with E-state index >= 15 is 0 Å². The van der Waals surface area contributed by atoms with Crippen LogP contribution in [0.4, 0.5) is 5.82 Å². The summed E-state index contributed by atoms with van der Waals surface area (Å²) in [6, 6.07) is 7.79. The number of hydrogen-bond donors (Lipinski definition) is 1. The molecule has 0 unspecified atom stereocenters. The van der Waals surface area contributed by atoms with Gasteiger partial charge in [-0.3, -0.25) is 9.69 Å². The van der Waals surface area contributed by atoms with E-state index in [9.17, 15) is 9.90 Å². The van der Waals surface area contributed by atoms with E-state index in [1.165, 1.54) is 0 Å². The minimum Gasteiger partial charge on any atom is -0.387 e. The van der Waals surface area contributed by atoms with Crippen molar-refractivity contribution >= 4 is 23.3 Å². The van der Waals surface area contributed by atoms with Crippen LogP contribution in [0.2, 0.25) is 5.02 Å². The molecule has 1 aliphatic heterocycles. The van der Waals surface area contributed by atoms with Crippen LogP contribution in [0.5, 0.6) is 0 Å². The molecule has 4 rings (SSSR count). The summed E-state index contributed by atoms with van der Waals surface area (Å²) in [5.41, 5.74) is 2.92. The Labute approximate surface area is 201 Å². The highest BCUT2D eigenvalue weighted by atomic mass is 35.5. The lowest BCUT2D eigenvalue weighted by Crippen LogP contribution is -2.56. The SMILES string of the molecule is CC(C)N(C)[C@H](Cc1ccc(Cl)cc1)C(=O)N1CCN(c2ncnc3c2[C@H](C)C[C@H]3O)CC1. The number of rotatable bonds is 6. The first kappa shape index (κ1) is 23.9. The van der Waals surface area contributed by atoms with E-state index in [1.807, 2.05) is 36.2 Å². The Morgan fingerprint density at radius 3 is 2.48 bits per heavy atom. The Morgan fingerprint density at radius 1 is 1.18 bits per heavy atom. The van der Waals surface area contributed by atoms with Crippen LogP contribution in [-0.2, 0) is 11.2 Å². The number of piperazine rings is 1. The van der Waals surface area contributed by atoms with Gasteiger partial charge in [0.2, 0.25) is 5.91 Å². The van der Waals surface area contributed by atoms with E-state index < -0.39 is 6.10 Å². The van der Waals surface area contributed by atoms with Gasteiger partial charge in [-0.2, -0.15) is 0 Å². The number of aliphatic hydroxyl groups excluding tert-OH is 1. The van der Waals surface area contributed by atoms with Crippen molar-refractivity contribution in [2.75, 3.05) is 38.1 Å². The Balaban J connectivity index is 1.47. The molecule has 2 heterocycles. The molecule has 33 heavy (non-hydrogen) atoms. The summed E-state index contributed by atoms with van der Waals surface area (Å²) in [5.74, 6) is 1.31. The molecule has 0 radical (unpaired) electrons. The molecule has 178 valence electrons. The fraction of sp³-hybridized carbons (Fsp3) is 0.560. The lowest BCUT2D eigenvalue weighted by Gasteiger charge is -2.40. The number of aromatic nitrogens is 2. The molecule has 1 aromatic heterocycles. The molecule has 1 amide bonds. The van der Waals surface area contributed by atoms with Gasteiger partial charge in [-0.05, 0) is 57.4 Å². The van der Waals surface area contributed by atoms with Gasteiger partial charge in [-0.15, -0.1) is 0 Å². The average molecular weight is 472 g/mol. The lowest BCUT2D eigenvalue weighted by atomic mass is 10.0. The Bertz CT molecular complexity index is 975. The summed E-state index contributed by atoms with van der Waals surface area (Å²) in [4.78, 5) is 28.9. The number of carbonyl (C=O) groups excluding carboxylic acids is 1. The summed E-state index contributed by atoms with van der Waals surface area (Å²) in [5, 5.41) is 11.0. The molecule has 3 atom stereocenters. The largest absolute Gasteiger partial charge is 0.387 e. The second-order valence-corrected chi connectivity index (χ2v) is 10.0. The first-order chi connectivity index (χ1) is 15.8. The Hall–Kier alpha value is -2.22. The summed E-state index contributed by atoms with van der Waals surface area (Å²) in [6.45, 7) is 9.09. The maximum Gasteiger partial charge on any atom is 0.240 e. The molecule has 1 N–H and O–H groups in total. The number of nitrogens with zero attached hydrogens (tertiary/aromatic N) is 5. The second kappa shape index (κ2) is 9.95. The van der Waals surface area contributed by atoms with Crippen molar-refractivity contribution in [1.29, 1.82) is 0 Å². The summed E-state index contributed by atoms with van der Waals surface area (Å²) in [7, 11) is 2.02. The molecule has 2 aromatic rings. The van der Waals surface area contributed by atoms with Crippen molar-refractivity contribution in [3.8, 4) is 0 Å². The van der Waals surface area contributed by atoms with Gasteiger partial charge in [0.1, 0.15) is 12.1 Å². The number of anilines is 1. The fourth-order valence-electron chi connectivity index (χ4n) is 4.91. The number of halogens is 1. The van der Waals surface area contributed by atoms with E-state index in [0.29, 0.717) is 31.0 Å². The highest BCUT2D eigenvalue weighted by Crippen LogP contribution is 2.42. The van der Waals surface area contributed by atoms with Crippen molar-refractivity contribution in [3.05, 3.63) is 52.4 Å². The molecule has 0 saturated carbocycles. The van der Waals surface area contributed by atoms with E-state index in [-0.39, 0.29) is 23.9 Å². The van der Waals surface area contributed by atoms with Crippen molar-refractivity contribution < 1.29 is 9.90 Å². The van der Waals surface area contributed by atoms with Crippen LogP contribution in [0.25, 0.3) is 0 Å². The third-order valence-electron chi connectivity index (χ3n) is 7.10. The van der Waals surface area contributed by atoms with Crippen LogP contribution < -0.4 is 4.90 Å².